The van der Waals surface area contributed by atoms with Crippen molar-refractivity contribution in [1.82, 2.24) is 0 Å². The van der Waals surface area contributed by atoms with Gasteiger partial charge in [-0.2, -0.15) is 0 Å². The highest BCUT2D eigenvalue weighted by molar-refractivity contribution is 7.62. The van der Waals surface area contributed by atoms with Gasteiger partial charge in [-0.15, -0.1) is 13.2 Å². The highest BCUT2D eigenvalue weighted by atomic mass is 35.5. The Morgan fingerprint density at radius 3 is 2.15 bits per heavy atom. The Morgan fingerprint density at radius 1 is 1.20 bits per heavy atom. The van der Waals surface area contributed by atoms with Crippen LogP contribution in [0.1, 0.15) is 13.8 Å². The number of alkyl halides is 3. The molecule has 0 aliphatic rings. The summed E-state index contributed by atoms with van der Waals surface area (Å²) in [6.45, 7) is 3.43. The molecule has 0 bridgehead atoms. The monoisotopic (exact) mass is 332 g/mol. The van der Waals surface area contributed by atoms with Gasteiger partial charge in [-0.3, -0.25) is 4.57 Å². The van der Waals surface area contributed by atoms with Gasteiger partial charge in [-0.1, -0.05) is 11.6 Å². The fourth-order valence-electron chi connectivity index (χ4n) is 1.42. The third-order valence-corrected chi connectivity index (χ3v) is 4.67. The standard InChI is InChI=1S/C11H13ClF3O4P/c1-3-17-20(16,18-4-2)10-6-5-8(7-9(10)12)19-11(13,14)15/h5-7H,3-4H2,1-2H3. The van der Waals surface area contributed by atoms with Crippen LogP contribution in [0.15, 0.2) is 18.2 Å². The molecule has 0 atom stereocenters. The van der Waals surface area contributed by atoms with Gasteiger partial charge in [0, 0.05) is 6.07 Å². The van der Waals surface area contributed by atoms with Gasteiger partial charge in [0.2, 0.25) is 0 Å². The van der Waals surface area contributed by atoms with E-state index in [-0.39, 0.29) is 23.5 Å². The Kier molecular flexibility index (Phi) is 5.89. The average molecular weight is 333 g/mol. The van der Waals surface area contributed by atoms with Crippen LogP contribution in [0.2, 0.25) is 5.02 Å². The van der Waals surface area contributed by atoms with Crippen LogP contribution < -0.4 is 10.0 Å². The first-order valence-electron chi connectivity index (χ1n) is 5.67. The van der Waals surface area contributed by atoms with Gasteiger partial charge in [0.1, 0.15) is 5.75 Å². The van der Waals surface area contributed by atoms with Gasteiger partial charge in [-0.25, -0.2) is 0 Å². The van der Waals surface area contributed by atoms with Crippen molar-refractivity contribution in [2.24, 2.45) is 0 Å². The largest absolute Gasteiger partial charge is 0.573 e. The van der Waals surface area contributed by atoms with Gasteiger partial charge in [0.15, 0.2) is 0 Å². The van der Waals surface area contributed by atoms with Gasteiger partial charge >= 0.3 is 14.0 Å². The molecular weight excluding hydrogens is 320 g/mol. The lowest BCUT2D eigenvalue weighted by Crippen LogP contribution is -2.18. The van der Waals surface area contributed by atoms with Crippen molar-refractivity contribution in [2.45, 2.75) is 20.2 Å². The maximum Gasteiger partial charge on any atom is 0.573 e. The zero-order chi connectivity index (χ0) is 15.4. The third-order valence-electron chi connectivity index (χ3n) is 2.05. The molecular formula is C11H13ClF3O4P. The predicted molar refractivity (Wildman–Crippen MR) is 68.6 cm³/mol. The molecule has 1 aromatic carbocycles. The Bertz CT molecular complexity index is 497. The van der Waals surface area contributed by atoms with E-state index in [0.717, 1.165) is 18.2 Å². The fraction of sp³-hybridized carbons (Fsp3) is 0.455. The molecule has 0 saturated heterocycles. The Morgan fingerprint density at radius 2 is 1.75 bits per heavy atom. The topological polar surface area (TPSA) is 44.8 Å². The summed E-state index contributed by atoms with van der Waals surface area (Å²) in [6.07, 6.45) is -4.83. The quantitative estimate of drug-likeness (QED) is 0.735. The number of benzene rings is 1. The second-order valence-electron chi connectivity index (χ2n) is 3.49. The van der Waals surface area contributed by atoms with E-state index in [1.54, 1.807) is 13.8 Å². The van der Waals surface area contributed by atoms with E-state index < -0.39 is 19.7 Å². The molecule has 9 heteroatoms. The smallest absolute Gasteiger partial charge is 0.406 e. The predicted octanol–water partition coefficient (Wildman–Crippen LogP) is 4.13. The van der Waals surface area contributed by atoms with Crippen LogP contribution in [-0.2, 0) is 13.6 Å². The molecule has 1 aromatic rings. The van der Waals surface area contributed by atoms with Crippen molar-refractivity contribution in [2.75, 3.05) is 13.2 Å². The lowest BCUT2D eigenvalue weighted by Gasteiger charge is -2.18. The minimum atomic E-state index is -4.83. The lowest BCUT2D eigenvalue weighted by molar-refractivity contribution is -0.274. The summed E-state index contributed by atoms with van der Waals surface area (Å²) in [5, 5.41) is -0.186. The zero-order valence-electron chi connectivity index (χ0n) is 10.7. The minimum absolute atomic E-state index is 0.00242. The summed E-state index contributed by atoms with van der Waals surface area (Å²) < 4.78 is 62.5. The molecule has 4 nitrogen and oxygen atoms in total. The van der Waals surface area contributed by atoms with Gasteiger partial charge in [0.25, 0.3) is 0 Å². The molecule has 0 heterocycles. The summed E-state index contributed by atoms with van der Waals surface area (Å²) in [5.74, 6) is -0.509. The lowest BCUT2D eigenvalue weighted by atomic mass is 10.3. The molecule has 0 spiro atoms. The molecule has 0 aliphatic heterocycles. The number of rotatable bonds is 6. The molecule has 0 unspecified atom stereocenters. The van der Waals surface area contributed by atoms with Crippen molar-refractivity contribution < 1.29 is 31.5 Å². The van der Waals surface area contributed by atoms with Gasteiger partial charge < -0.3 is 13.8 Å². The molecule has 0 saturated carbocycles. The number of halogens is 4. The van der Waals surface area contributed by atoms with Crippen molar-refractivity contribution in [3.05, 3.63) is 23.2 Å². The van der Waals surface area contributed by atoms with Crippen LogP contribution in [0, 0.1) is 0 Å². The minimum Gasteiger partial charge on any atom is -0.406 e. The Hall–Kier alpha value is -0.750. The molecule has 0 N–H and O–H groups in total. The molecule has 0 fully saturated rings. The molecule has 114 valence electrons. The summed E-state index contributed by atoms with van der Waals surface area (Å²) in [6, 6.07) is 3.05. The second-order valence-corrected chi connectivity index (χ2v) is 5.89. The maximum absolute atomic E-state index is 12.4. The first kappa shape index (κ1) is 17.3. The summed E-state index contributed by atoms with van der Waals surface area (Å²) >= 11 is 5.83. The van der Waals surface area contributed by atoms with Gasteiger partial charge in [-0.05, 0) is 26.0 Å². The maximum atomic E-state index is 12.4. The molecule has 0 amide bonds. The van der Waals surface area contributed by atoms with E-state index in [9.17, 15) is 17.7 Å². The normalized spacial score (nSPS) is 12.5. The molecule has 0 aromatic heterocycles. The van der Waals surface area contributed by atoms with Crippen LogP contribution in [0.3, 0.4) is 0 Å². The molecule has 0 aliphatic carbocycles. The average Bonchev–Trinajstić information content (AvgIpc) is 2.26. The van der Waals surface area contributed by atoms with E-state index in [1.165, 1.54) is 0 Å². The van der Waals surface area contributed by atoms with Crippen molar-refractivity contribution in [3.63, 3.8) is 0 Å². The van der Waals surface area contributed by atoms with Crippen LogP contribution >= 0.6 is 19.2 Å². The first-order valence-corrected chi connectivity index (χ1v) is 7.59. The van der Waals surface area contributed by atoms with Gasteiger partial charge in [0.05, 0.1) is 23.5 Å². The summed E-state index contributed by atoms with van der Waals surface area (Å²) in [7, 11) is -3.65. The van der Waals surface area contributed by atoms with Crippen LogP contribution in [0.25, 0.3) is 0 Å². The first-order chi connectivity index (χ1) is 9.22. The van der Waals surface area contributed by atoms with E-state index >= 15 is 0 Å². The van der Waals surface area contributed by atoms with Crippen molar-refractivity contribution in [1.29, 1.82) is 0 Å². The Balaban J connectivity index is 3.11. The molecule has 1 rings (SSSR count). The van der Waals surface area contributed by atoms with E-state index in [4.69, 9.17) is 20.6 Å². The van der Waals surface area contributed by atoms with Crippen LogP contribution in [0.4, 0.5) is 13.2 Å². The SMILES string of the molecule is CCOP(=O)(OCC)c1ccc(OC(F)(F)F)cc1Cl. The molecule has 0 radical (unpaired) electrons. The number of hydrogen-bond donors (Lipinski definition) is 0. The van der Waals surface area contributed by atoms with E-state index in [2.05, 4.69) is 4.74 Å². The van der Waals surface area contributed by atoms with Crippen molar-refractivity contribution in [3.8, 4) is 5.75 Å². The third kappa shape index (κ3) is 4.66. The summed E-state index contributed by atoms with van der Waals surface area (Å²) in [5.41, 5.74) is 0. The van der Waals surface area contributed by atoms with Crippen LogP contribution in [-0.4, -0.2) is 19.6 Å². The Labute approximate surface area is 119 Å². The number of ether oxygens (including phenoxy) is 1. The molecule has 20 heavy (non-hydrogen) atoms. The second kappa shape index (κ2) is 6.80. The number of hydrogen-bond acceptors (Lipinski definition) is 4. The van der Waals surface area contributed by atoms with E-state index in [1.807, 2.05) is 0 Å². The fourth-order valence-corrected chi connectivity index (χ4v) is 3.52. The highest BCUT2D eigenvalue weighted by Crippen LogP contribution is 2.49. The van der Waals surface area contributed by atoms with Crippen LogP contribution in [0.5, 0.6) is 5.75 Å². The van der Waals surface area contributed by atoms with Crippen molar-refractivity contribution >= 4 is 24.5 Å². The zero-order valence-corrected chi connectivity index (χ0v) is 12.4. The highest BCUT2D eigenvalue weighted by Gasteiger charge is 2.33. The van der Waals surface area contributed by atoms with E-state index in [0.29, 0.717) is 0 Å². The summed E-state index contributed by atoms with van der Waals surface area (Å²) in [4.78, 5) is 0.